The predicted octanol–water partition coefficient (Wildman–Crippen LogP) is 1.18. The van der Waals surface area contributed by atoms with Crippen molar-refractivity contribution in [1.82, 2.24) is 5.48 Å². The van der Waals surface area contributed by atoms with Crippen molar-refractivity contribution in [3.63, 3.8) is 0 Å². The van der Waals surface area contributed by atoms with Gasteiger partial charge in [0.1, 0.15) is 0 Å². The Labute approximate surface area is 51.2 Å². The lowest BCUT2D eigenvalue weighted by Crippen LogP contribution is -2.25. The van der Waals surface area contributed by atoms with Gasteiger partial charge in [0.15, 0.2) is 0 Å². The molecule has 0 aromatic carbocycles. The maximum Gasteiger partial charge on any atom is 0.0572 e. The Hall–Kier alpha value is -0.0800. The summed E-state index contributed by atoms with van der Waals surface area (Å²) in [5.74, 6) is 0. The van der Waals surface area contributed by atoms with Gasteiger partial charge in [0.05, 0.1) is 7.11 Å². The van der Waals surface area contributed by atoms with Crippen molar-refractivity contribution in [2.75, 3.05) is 13.7 Å². The third-order valence-corrected chi connectivity index (χ3v) is 0.747. The molecule has 0 rings (SSSR count). The fourth-order valence-corrected chi connectivity index (χ4v) is 0.289. The highest BCUT2D eigenvalue weighted by Crippen LogP contribution is 2.09. The van der Waals surface area contributed by atoms with Crippen LogP contribution in [0.5, 0.6) is 0 Å². The van der Waals surface area contributed by atoms with Crippen molar-refractivity contribution in [3.05, 3.63) is 0 Å². The van der Waals surface area contributed by atoms with Crippen molar-refractivity contribution in [2.24, 2.45) is 5.41 Å². The first-order valence-electron chi connectivity index (χ1n) is 2.82. The molecule has 0 unspecified atom stereocenters. The zero-order valence-electron chi connectivity index (χ0n) is 6.12. The third kappa shape index (κ3) is 5.92. The fraction of sp³-hybridized carbons (Fsp3) is 1.00. The van der Waals surface area contributed by atoms with E-state index in [4.69, 9.17) is 0 Å². The molecule has 50 valence electrons. The van der Waals surface area contributed by atoms with Gasteiger partial charge in [-0.05, 0) is 5.41 Å². The van der Waals surface area contributed by atoms with Crippen LogP contribution in [0.2, 0.25) is 0 Å². The minimum absolute atomic E-state index is 0.315. The second-order valence-electron chi connectivity index (χ2n) is 3.09. The van der Waals surface area contributed by atoms with Crippen LogP contribution in [0.4, 0.5) is 0 Å². The van der Waals surface area contributed by atoms with E-state index in [1.807, 2.05) is 0 Å². The molecule has 2 nitrogen and oxygen atoms in total. The van der Waals surface area contributed by atoms with Crippen molar-refractivity contribution in [1.29, 1.82) is 0 Å². The molecule has 0 amide bonds. The van der Waals surface area contributed by atoms with Crippen LogP contribution in [0.3, 0.4) is 0 Å². The summed E-state index contributed by atoms with van der Waals surface area (Å²) in [4.78, 5) is 4.67. The predicted molar refractivity (Wildman–Crippen MR) is 34.5 cm³/mol. The highest BCUT2D eigenvalue weighted by molar-refractivity contribution is 4.60. The lowest BCUT2D eigenvalue weighted by Gasteiger charge is -2.16. The molecule has 0 atom stereocenters. The van der Waals surface area contributed by atoms with Crippen LogP contribution in [-0.2, 0) is 4.84 Å². The van der Waals surface area contributed by atoms with E-state index in [1.54, 1.807) is 7.11 Å². The van der Waals surface area contributed by atoms with Gasteiger partial charge in [-0.15, -0.1) is 0 Å². The van der Waals surface area contributed by atoms with Gasteiger partial charge in [-0.2, -0.15) is 0 Å². The summed E-state index contributed by atoms with van der Waals surface area (Å²) in [6.07, 6.45) is 0. The quantitative estimate of drug-likeness (QED) is 0.548. The molecule has 0 heterocycles. The molecular weight excluding hydrogens is 102 g/mol. The Morgan fingerprint density at radius 2 is 1.88 bits per heavy atom. The van der Waals surface area contributed by atoms with E-state index in [0.29, 0.717) is 5.41 Å². The maximum absolute atomic E-state index is 4.67. The molecule has 0 radical (unpaired) electrons. The average molecular weight is 117 g/mol. The molecule has 0 bridgehead atoms. The van der Waals surface area contributed by atoms with Gasteiger partial charge in [0.2, 0.25) is 0 Å². The molecule has 0 aromatic rings. The third-order valence-electron chi connectivity index (χ3n) is 0.747. The monoisotopic (exact) mass is 117 g/mol. The summed E-state index contributed by atoms with van der Waals surface area (Å²) in [5, 5.41) is 0. The average Bonchev–Trinajstić information content (AvgIpc) is 1.59. The molecule has 0 spiro atoms. The van der Waals surface area contributed by atoms with E-state index >= 15 is 0 Å². The molecule has 0 saturated carbocycles. The summed E-state index contributed by atoms with van der Waals surface area (Å²) in [6.45, 7) is 7.35. The van der Waals surface area contributed by atoms with Gasteiger partial charge in [-0.1, -0.05) is 20.8 Å². The van der Waals surface area contributed by atoms with Crippen molar-refractivity contribution >= 4 is 0 Å². The molecule has 0 aliphatic carbocycles. The first kappa shape index (κ1) is 7.92. The maximum atomic E-state index is 4.67. The van der Waals surface area contributed by atoms with Crippen LogP contribution in [-0.4, -0.2) is 13.7 Å². The number of hydrogen-bond donors (Lipinski definition) is 1. The normalized spacial score (nSPS) is 12.0. The number of nitrogens with one attached hydrogen (secondary N) is 1. The standard InChI is InChI=1S/C6H15NO/c1-6(2,3)5-7-8-4/h7H,5H2,1-4H3. The Balaban J connectivity index is 3.11. The molecule has 2 heteroatoms. The zero-order chi connectivity index (χ0) is 6.62. The summed E-state index contributed by atoms with van der Waals surface area (Å²) < 4.78 is 0. The largest absolute Gasteiger partial charge is 0.305 e. The molecule has 8 heavy (non-hydrogen) atoms. The van der Waals surface area contributed by atoms with Crippen LogP contribution >= 0.6 is 0 Å². The molecule has 0 saturated heterocycles. The minimum atomic E-state index is 0.315. The Kier molecular flexibility index (Phi) is 3.02. The molecule has 0 fully saturated rings. The van der Waals surface area contributed by atoms with Gasteiger partial charge < -0.3 is 4.84 Å². The highest BCUT2D eigenvalue weighted by Gasteiger charge is 2.07. The van der Waals surface area contributed by atoms with E-state index in [2.05, 4.69) is 31.1 Å². The first-order valence-corrected chi connectivity index (χ1v) is 2.82. The van der Waals surface area contributed by atoms with Gasteiger partial charge in [0, 0.05) is 6.54 Å². The van der Waals surface area contributed by atoms with E-state index in [9.17, 15) is 0 Å². The lowest BCUT2D eigenvalue weighted by atomic mass is 9.98. The van der Waals surface area contributed by atoms with E-state index in [0.717, 1.165) is 6.54 Å². The van der Waals surface area contributed by atoms with E-state index in [1.165, 1.54) is 0 Å². The molecule has 1 N–H and O–H groups in total. The fourth-order valence-electron chi connectivity index (χ4n) is 0.289. The van der Waals surface area contributed by atoms with Gasteiger partial charge in [0.25, 0.3) is 0 Å². The Morgan fingerprint density at radius 3 is 2.00 bits per heavy atom. The summed E-state index contributed by atoms with van der Waals surface area (Å²) in [7, 11) is 1.63. The van der Waals surface area contributed by atoms with Gasteiger partial charge >= 0.3 is 0 Å². The number of hydroxylamine groups is 1. The Morgan fingerprint density at radius 1 is 1.38 bits per heavy atom. The molecule has 0 aliphatic rings. The van der Waals surface area contributed by atoms with Crippen molar-refractivity contribution in [3.8, 4) is 0 Å². The smallest absolute Gasteiger partial charge is 0.0572 e. The summed E-state index contributed by atoms with van der Waals surface area (Å²) in [6, 6.07) is 0. The van der Waals surface area contributed by atoms with Gasteiger partial charge in [-0.3, -0.25) is 0 Å². The molecule has 0 aromatic heterocycles. The Bertz CT molecular complexity index is 56.0. The first-order chi connectivity index (χ1) is 3.56. The molecular formula is C6H15NO. The van der Waals surface area contributed by atoms with Crippen LogP contribution in [0.25, 0.3) is 0 Å². The minimum Gasteiger partial charge on any atom is -0.305 e. The van der Waals surface area contributed by atoms with Crippen LogP contribution in [0.1, 0.15) is 20.8 Å². The van der Waals surface area contributed by atoms with E-state index in [-0.39, 0.29) is 0 Å². The SMILES string of the molecule is CONCC(C)(C)C. The summed E-state index contributed by atoms with van der Waals surface area (Å²) in [5.41, 5.74) is 3.10. The molecule has 0 aliphatic heterocycles. The number of rotatable bonds is 2. The number of hydrogen-bond acceptors (Lipinski definition) is 2. The van der Waals surface area contributed by atoms with E-state index < -0.39 is 0 Å². The zero-order valence-corrected chi connectivity index (χ0v) is 6.12. The second kappa shape index (κ2) is 3.05. The van der Waals surface area contributed by atoms with Crippen LogP contribution in [0, 0.1) is 5.41 Å². The second-order valence-corrected chi connectivity index (χ2v) is 3.09. The van der Waals surface area contributed by atoms with Gasteiger partial charge in [-0.25, -0.2) is 5.48 Å². The van der Waals surface area contributed by atoms with Crippen LogP contribution < -0.4 is 5.48 Å². The van der Waals surface area contributed by atoms with Crippen molar-refractivity contribution in [2.45, 2.75) is 20.8 Å². The highest BCUT2D eigenvalue weighted by atomic mass is 16.6. The lowest BCUT2D eigenvalue weighted by molar-refractivity contribution is 0.0684. The topological polar surface area (TPSA) is 21.3 Å². The van der Waals surface area contributed by atoms with Crippen molar-refractivity contribution < 1.29 is 4.84 Å². The summed E-state index contributed by atoms with van der Waals surface area (Å²) >= 11 is 0. The van der Waals surface area contributed by atoms with Crippen LogP contribution in [0.15, 0.2) is 0 Å².